The first-order valence-corrected chi connectivity index (χ1v) is 8.38. The topological polar surface area (TPSA) is 86.3 Å². The van der Waals surface area contributed by atoms with Crippen LogP contribution in [-0.2, 0) is 0 Å². The number of hydrogen-bond acceptors (Lipinski definition) is 5. The Morgan fingerprint density at radius 1 is 1.04 bits per heavy atom. The predicted octanol–water partition coefficient (Wildman–Crippen LogP) is 0.602. The maximum absolute atomic E-state index is 12.9. The fourth-order valence-corrected chi connectivity index (χ4v) is 3.04. The van der Waals surface area contributed by atoms with Crippen molar-refractivity contribution in [2.24, 2.45) is 0 Å². The van der Waals surface area contributed by atoms with Gasteiger partial charge >= 0.3 is 17.2 Å². The standard InChI is InChI=1S/C18H17N5O3/c24-17(16-18(25)26-20-23(16)14-6-2-1-3-7-14)22-12-10-21(11-13-22)15-8-4-5-9-19-15/h1-9H,10-13H2/p+1. The molecule has 1 saturated heterocycles. The Labute approximate surface area is 149 Å². The Morgan fingerprint density at radius 3 is 2.46 bits per heavy atom. The number of amides is 1. The number of aromatic amines is 1. The number of benzene rings is 1. The van der Waals surface area contributed by atoms with Crippen LogP contribution in [0.2, 0.25) is 0 Å². The molecule has 0 bridgehead atoms. The fraction of sp³-hybridized carbons (Fsp3) is 0.222. The van der Waals surface area contributed by atoms with Crippen molar-refractivity contribution in [1.82, 2.24) is 15.2 Å². The number of piperazine rings is 1. The lowest BCUT2D eigenvalue weighted by atomic mass is 10.2. The first-order valence-electron chi connectivity index (χ1n) is 8.38. The fourth-order valence-electron chi connectivity index (χ4n) is 3.04. The molecule has 3 aromatic rings. The highest BCUT2D eigenvalue weighted by Gasteiger charge is 2.35. The van der Waals surface area contributed by atoms with Gasteiger partial charge < -0.3 is 9.80 Å². The van der Waals surface area contributed by atoms with Gasteiger partial charge in [-0.25, -0.2) is 9.78 Å². The van der Waals surface area contributed by atoms with E-state index in [1.54, 1.807) is 23.2 Å². The Morgan fingerprint density at radius 2 is 1.77 bits per heavy atom. The summed E-state index contributed by atoms with van der Waals surface area (Å²) in [5, 5.41) is 2.51. The van der Waals surface area contributed by atoms with E-state index in [1.165, 1.54) is 4.68 Å². The van der Waals surface area contributed by atoms with E-state index in [9.17, 15) is 9.59 Å². The molecule has 1 N–H and O–H groups in total. The molecule has 1 aromatic carbocycles. The molecule has 8 nitrogen and oxygen atoms in total. The second kappa shape index (κ2) is 6.83. The Balaban J connectivity index is 1.53. The molecule has 0 unspecified atom stereocenters. The lowest BCUT2D eigenvalue weighted by Crippen LogP contribution is -2.53. The Kier molecular flexibility index (Phi) is 4.22. The summed E-state index contributed by atoms with van der Waals surface area (Å²) in [6, 6.07) is 14.9. The van der Waals surface area contributed by atoms with Gasteiger partial charge in [0.25, 0.3) is 0 Å². The maximum Gasteiger partial charge on any atom is 0.441 e. The van der Waals surface area contributed by atoms with Crippen LogP contribution in [0.3, 0.4) is 0 Å². The van der Waals surface area contributed by atoms with Crippen LogP contribution >= 0.6 is 0 Å². The Bertz CT molecular complexity index is 944. The van der Waals surface area contributed by atoms with Gasteiger partial charge in [0.1, 0.15) is 5.82 Å². The molecule has 0 saturated carbocycles. The molecule has 1 aliphatic heterocycles. The van der Waals surface area contributed by atoms with Crippen molar-refractivity contribution in [2.45, 2.75) is 0 Å². The van der Waals surface area contributed by atoms with Crippen molar-refractivity contribution < 1.29 is 14.0 Å². The molecule has 0 spiro atoms. The van der Waals surface area contributed by atoms with Gasteiger partial charge in [-0.1, -0.05) is 24.3 Å². The number of anilines is 1. The zero-order valence-electron chi connectivity index (χ0n) is 14.0. The third kappa shape index (κ3) is 2.97. The summed E-state index contributed by atoms with van der Waals surface area (Å²) in [5.74, 6) is 0.546. The lowest BCUT2D eigenvalue weighted by molar-refractivity contribution is -0.672. The van der Waals surface area contributed by atoms with Crippen molar-refractivity contribution in [2.75, 3.05) is 31.1 Å². The molecule has 0 aliphatic carbocycles. The average Bonchev–Trinajstić information content (AvgIpc) is 3.10. The SMILES string of the molecule is O=C(c1c(=O)o[nH][n+]1-c1ccccc1)N1CCN(c2ccccn2)CC1. The summed E-state index contributed by atoms with van der Waals surface area (Å²) >= 11 is 0. The minimum Gasteiger partial charge on any atom is -0.353 e. The van der Waals surface area contributed by atoms with Gasteiger partial charge in [0.15, 0.2) is 0 Å². The van der Waals surface area contributed by atoms with Gasteiger partial charge in [0.2, 0.25) is 5.69 Å². The monoisotopic (exact) mass is 352 g/mol. The van der Waals surface area contributed by atoms with Crippen molar-refractivity contribution in [3.8, 4) is 5.69 Å². The number of carbonyl (C=O) groups is 1. The van der Waals surface area contributed by atoms with Gasteiger partial charge in [-0.2, -0.15) is 0 Å². The molecule has 0 radical (unpaired) electrons. The molecule has 1 aliphatic rings. The summed E-state index contributed by atoms with van der Waals surface area (Å²) in [6.07, 6.45) is 1.75. The van der Waals surface area contributed by atoms with Crippen LogP contribution in [0.15, 0.2) is 64.0 Å². The highest BCUT2D eigenvalue weighted by Crippen LogP contribution is 2.13. The second-order valence-electron chi connectivity index (χ2n) is 5.97. The molecule has 0 atom stereocenters. The highest BCUT2D eigenvalue weighted by molar-refractivity contribution is 5.90. The number of H-pyrrole nitrogens is 1. The van der Waals surface area contributed by atoms with Crippen LogP contribution < -0.4 is 15.2 Å². The number of nitrogens with one attached hydrogen (secondary N) is 1. The van der Waals surface area contributed by atoms with Gasteiger partial charge in [-0.15, -0.1) is 0 Å². The number of hydrogen-bond donors (Lipinski definition) is 1. The summed E-state index contributed by atoms with van der Waals surface area (Å²) in [4.78, 5) is 33.1. The van der Waals surface area contributed by atoms with Crippen molar-refractivity contribution >= 4 is 11.7 Å². The van der Waals surface area contributed by atoms with E-state index >= 15 is 0 Å². The van der Waals surface area contributed by atoms with Gasteiger partial charge in [0.05, 0.1) is 0 Å². The minimum atomic E-state index is -0.675. The smallest absolute Gasteiger partial charge is 0.353 e. The molecule has 8 heteroatoms. The number of para-hydroxylation sites is 1. The quantitative estimate of drug-likeness (QED) is 0.698. The Hall–Kier alpha value is -3.42. The van der Waals surface area contributed by atoms with Crippen molar-refractivity contribution in [1.29, 1.82) is 0 Å². The molecular weight excluding hydrogens is 334 g/mol. The summed E-state index contributed by atoms with van der Waals surface area (Å²) < 4.78 is 6.25. The van der Waals surface area contributed by atoms with Crippen LogP contribution in [-0.4, -0.2) is 47.2 Å². The normalized spacial score (nSPS) is 14.5. The van der Waals surface area contributed by atoms with E-state index in [0.29, 0.717) is 31.9 Å². The molecule has 1 fully saturated rings. The third-order valence-electron chi connectivity index (χ3n) is 4.40. The first-order chi connectivity index (χ1) is 12.7. The van der Waals surface area contributed by atoms with E-state index in [1.807, 2.05) is 36.4 Å². The van der Waals surface area contributed by atoms with E-state index in [-0.39, 0.29) is 11.6 Å². The van der Waals surface area contributed by atoms with Crippen LogP contribution in [0.25, 0.3) is 5.69 Å². The van der Waals surface area contributed by atoms with Crippen LogP contribution in [0, 0.1) is 0 Å². The van der Waals surface area contributed by atoms with Gasteiger partial charge in [-0.3, -0.25) is 9.32 Å². The van der Waals surface area contributed by atoms with E-state index < -0.39 is 5.63 Å². The number of rotatable bonds is 3. The minimum absolute atomic E-state index is 0.0255. The van der Waals surface area contributed by atoms with Crippen molar-refractivity contribution in [3.63, 3.8) is 0 Å². The number of pyridine rings is 1. The van der Waals surface area contributed by atoms with Crippen LogP contribution in [0.1, 0.15) is 10.5 Å². The van der Waals surface area contributed by atoms with Crippen molar-refractivity contribution in [3.05, 3.63) is 70.8 Å². The zero-order chi connectivity index (χ0) is 17.9. The van der Waals surface area contributed by atoms with E-state index in [4.69, 9.17) is 4.52 Å². The number of aromatic nitrogens is 3. The van der Waals surface area contributed by atoms with Crippen LogP contribution in [0.5, 0.6) is 0 Å². The highest BCUT2D eigenvalue weighted by atomic mass is 16.5. The number of carbonyl (C=O) groups excluding carboxylic acids is 1. The summed E-state index contributed by atoms with van der Waals surface area (Å²) in [7, 11) is 0. The molecule has 2 aromatic heterocycles. The van der Waals surface area contributed by atoms with Gasteiger partial charge in [0, 0.05) is 44.5 Å². The zero-order valence-corrected chi connectivity index (χ0v) is 14.0. The molecule has 3 heterocycles. The molecular formula is C18H18N5O3+. The third-order valence-corrected chi connectivity index (χ3v) is 4.40. The summed E-state index contributed by atoms with van der Waals surface area (Å²) in [6.45, 7) is 2.33. The molecule has 4 rings (SSSR count). The van der Waals surface area contributed by atoms with E-state index in [2.05, 4.69) is 15.2 Å². The second-order valence-corrected chi connectivity index (χ2v) is 5.97. The number of nitrogens with zero attached hydrogens (tertiary/aromatic N) is 4. The molecule has 26 heavy (non-hydrogen) atoms. The molecule has 1 amide bonds. The average molecular weight is 352 g/mol. The first kappa shape index (κ1) is 16.1. The largest absolute Gasteiger partial charge is 0.441 e. The summed E-state index contributed by atoms with van der Waals surface area (Å²) in [5.41, 5.74) is -0.0395. The molecule has 132 valence electrons. The lowest BCUT2D eigenvalue weighted by Gasteiger charge is -2.34. The van der Waals surface area contributed by atoms with Crippen LogP contribution in [0.4, 0.5) is 5.82 Å². The maximum atomic E-state index is 12.9. The van der Waals surface area contributed by atoms with Gasteiger partial charge in [-0.05, 0) is 22.1 Å². The predicted molar refractivity (Wildman–Crippen MR) is 93.2 cm³/mol. The van der Waals surface area contributed by atoms with E-state index in [0.717, 1.165) is 5.82 Å².